The predicted molar refractivity (Wildman–Crippen MR) is 66.5 cm³/mol. The standard InChI is InChI=1S/C13H20N2O2/c1-11(2)15(7-4-8-16)13(17)9-12-5-3-6-14-10-12/h3,5-6,10-11,16H,4,7-9H2,1-2H3. The van der Waals surface area contributed by atoms with E-state index in [1.165, 1.54) is 0 Å². The maximum absolute atomic E-state index is 12.1. The minimum Gasteiger partial charge on any atom is -0.396 e. The van der Waals surface area contributed by atoms with Crippen LogP contribution in [0.2, 0.25) is 0 Å². The van der Waals surface area contributed by atoms with Gasteiger partial charge in [-0.3, -0.25) is 9.78 Å². The fraction of sp³-hybridized carbons (Fsp3) is 0.538. The quantitative estimate of drug-likeness (QED) is 0.808. The molecule has 0 aliphatic rings. The Bertz CT molecular complexity index is 339. The summed E-state index contributed by atoms with van der Waals surface area (Å²) in [7, 11) is 0. The largest absolute Gasteiger partial charge is 0.396 e. The summed E-state index contributed by atoms with van der Waals surface area (Å²) in [5.41, 5.74) is 0.923. The predicted octanol–water partition coefficient (Wildman–Crippen LogP) is 1.24. The van der Waals surface area contributed by atoms with Crippen LogP contribution in [0, 0.1) is 0 Å². The van der Waals surface area contributed by atoms with Crippen molar-refractivity contribution in [1.82, 2.24) is 9.88 Å². The average Bonchev–Trinajstić information content (AvgIpc) is 2.30. The molecule has 4 heteroatoms. The van der Waals surface area contributed by atoms with Gasteiger partial charge in [0.15, 0.2) is 0 Å². The highest BCUT2D eigenvalue weighted by atomic mass is 16.3. The van der Waals surface area contributed by atoms with E-state index in [1.54, 1.807) is 17.3 Å². The zero-order valence-electron chi connectivity index (χ0n) is 10.5. The van der Waals surface area contributed by atoms with E-state index < -0.39 is 0 Å². The van der Waals surface area contributed by atoms with Crippen LogP contribution in [0.15, 0.2) is 24.5 Å². The first-order valence-corrected chi connectivity index (χ1v) is 5.94. The van der Waals surface area contributed by atoms with E-state index in [9.17, 15) is 4.79 Å². The molecule has 1 rings (SSSR count). The van der Waals surface area contributed by atoms with Crippen LogP contribution in [0.5, 0.6) is 0 Å². The van der Waals surface area contributed by atoms with Crippen LogP contribution in [0.3, 0.4) is 0 Å². The lowest BCUT2D eigenvalue weighted by Gasteiger charge is -2.26. The number of aliphatic hydroxyl groups is 1. The van der Waals surface area contributed by atoms with Crippen LogP contribution in [-0.2, 0) is 11.2 Å². The lowest BCUT2D eigenvalue weighted by molar-refractivity contribution is -0.132. The first-order valence-electron chi connectivity index (χ1n) is 5.94. The van der Waals surface area contributed by atoms with E-state index >= 15 is 0 Å². The van der Waals surface area contributed by atoms with Crippen LogP contribution in [0.4, 0.5) is 0 Å². The number of hydrogen-bond donors (Lipinski definition) is 1. The third-order valence-electron chi connectivity index (χ3n) is 2.58. The number of hydrogen-bond acceptors (Lipinski definition) is 3. The molecule has 17 heavy (non-hydrogen) atoms. The Morgan fingerprint density at radius 3 is 2.82 bits per heavy atom. The molecule has 0 saturated heterocycles. The van der Waals surface area contributed by atoms with E-state index in [0.29, 0.717) is 19.4 Å². The van der Waals surface area contributed by atoms with E-state index in [4.69, 9.17) is 5.11 Å². The average molecular weight is 236 g/mol. The fourth-order valence-corrected chi connectivity index (χ4v) is 1.69. The smallest absolute Gasteiger partial charge is 0.227 e. The Balaban J connectivity index is 2.59. The second-order valence-electron chi connectivity index (χ2n) is 4.30. The number of aliphatic hydroxyl groups excluding tert-OH is 1. The van der Waals surface area contributed by atoms with Gasteiger partial charge >= 0.3 is 0 Å². The summed E-state index contributed by atoms with van der Waals surface area (Å²) in [6, 6.07) is 3.89. The number of nitrogens with zero attached hydrogens (tertiary/aromatic N) is 2. The monoisotopic (exact) mass is 236 g/mol. The summed E-state index contributed by atoms with van der Waals surface area (Å²) in [6.45, 7) is 4.69. The second-order valence-corrected chi connectivity index (χ2v) is 4.30. The van der Waals surface area contributed by atoms with Gasteiger partial charge in [0.05, 0.1) is 6.42 Å². The van der Waals surface area contributed by atoms with Gasteiger partial charge < -0.3 is 10.0 Å². The maximum Gasteiger partial charge on any atom is 0.227 e. The summed E-state index contributed by atoms with van der Waals surface area (Å²) < 4.78 is 0. The topological polar surface area (TPSA) is 53.4 Å². The van der Waals surface area contributed by atoms with Gasteiger partial charge in [-0.25, -0.2) is 0 Å². The number of carbonyl (C=O) groups excluding carboxylic acids is 1. The zero-order chi connectivity index (χ0) is 12.7. The van der Waals surface area contributed by atoms with Crippen LogP contribution in [0.1, 0.15) is 25.8 Å². The first kappa shape index (κ1) is 13.6. The van der Waals surface area contributed by atoms with Crippen molar-refractivity contribution < 1.29 is 9.90 Å². The Morgan fingerprint density at radius 1 is 1.53 bits per heavy atom. The molecular weight excluding hydrogens is 216 g/mol. The Kier molecular flexibility index (Phi) is 5.63. The lowest BCUT2D eigenvalue weighted by Crippen LogP contribution is -2.39. The molecule has 1 amide bonds. The SMILES string of the molecule is CC(C)N(CCCO)C(=O)Cc1cccnc1. The molecule has 94 valence electrons. The molecule has 1 aromatic rings. The summed E-state index contributed by atoms with van der Waals surface area (Å²) in [5.74, 6) is 0.0847. The van der Waals surface area contributed by atoms with Crippen molar-refractivity contribution in [3.8, 4) is 0 Å². The normalized spacial score (nSPS) is 10.6. The number of aromatic nitrogens is 1. The minimum absolute atomic E-state index is 0.0847. The number of pyridine rings is 1. The van der Waals surface area contributed by atoms with Gasteiger partial charge in [0.25, 0.3) is 0 Å². The van der Waals surface area contributed by atoms with Crippen molar-refractivity contribution in [1.29, 1.82) is 0 Å². The Morgan fingerprint density at radius 2 is 2.29 bits per heavy atom. The highest BCUT2D eigenvalue weighted by molar-refractivity contribution is 5.78. The molecule has 0 bridgehead atoms. The number of amides is 1. The molecule has 1 aromatic heterocycles. The number of rotatable bonds is 6. The molecule has 0 aliphatic carbocycles. The fourth-order valence-electron chi connectivity index (χ4n) is 1.69. The third kappa shape index (κ3) is 4.53. The molecule has 0 spiro atoms. The molecule has 1 N–H and O–H groups in total. The Hall–Kier alpha value is -1.42. The third-order valence-corrected chi connectivity index (χ3v) is 2.58. The minimum atomic E-state index is 0.0847. The molecule has 0 aromatic carbocycles. The molecule has 0 unspecified atom stereocenters. The van der Waals surface area contributed by atoms with Crippen molar-refractivity contribution in [2.24, 2.45) is 0 Å². The van der Waals surface area contributed by atoms with Gasteiger partial charge in [0.1, 0.15) is 0 Å². The Labute approximate surface area is 102 Å². The van der Waals surface area contributed by atoms with E-state index in [0.717, 1.165) is 5.56 Å². The van der Waals surface area contributed by atoms with Gasteiger partial charge in [-0.2, -0.15) is 0 Å². The highest BCUT2D eigenvalue weighted by Crippen LogP contribution is 2.06. The maximum atomic E-state index is 12.1. The molecule has 1 heterocycles. The van der Waals surface area contributed by atoms with E-state index in [-0.39, 0.29) is 18.6 Å². The van der Waals surface area contributed by atoms with Gasteiger partial charge in [-0.05, 0) is 31.9 Å². The first-order chi connectivity index (χ1) is 8.15. The van der Waals surface area contributed by atoms with Crippen LogP contribution < -0.4 is 0 Å². The summed E-state index contributed by atoms with van der Waals surface area (Å²) >= 11 is 0. The van der Waals surface area contributed by atoms with Crippen molar-refractivity contribution in [3.05, 3.63) is 30.1 Å². The van der Waals surface area contributed by atoms with Crippen molar-refractivity contribution in [3.63, 3.8) is 0 Å². The van der Waals surface area contributed by atoms with Crippen molar-refractivity contribution in [2.45, 2.75) is 32.7 Å². The summed E-state index contributed by atoms with van der Waals surface area (Å²) in [6.07, 6.45) is 4.40. The van der Waals surface area contributed by atoms with Crippen LogP contribution >= 0.6 is 0 Å². The van der Waals surface area contributed by atoms with Gasteiger partial charge in [-0.1, -0.05) is 6.07 Å². The van der Waals surface area contributed by atoms with Gasteiger partial charge in [-0.15, -0.1) is 0 Å². The molecular formula is C13H20N2O2. The summed E-state index contributed by atoms with van der Waals surface area (Å²) in [4.78, 5) is 17.9. The molecule has 0 atom stereocenters. The molecule has 0 aliphatic heterocycles. The lowest BCUT2D eigenvalue weighted by atomic mass is 10.1. The molecule has 0 fully saturated rings. The van der Waals surface area contributed by atoms with Gasteiger partial charge in [0, 0.05) is 31.6 Å². The van der Waals surface area contributed by atoms with Crippen LogP contribution in [-0.4, -0.2) is 40.1 Å². The molecule has 4 nitrogen and oxygen atoms in total. The second kappa shape index (κ2) is 7.01. The number of carbonyl (C=O) groups is 1. The van der Waals surface area contributed by atoms with E-state index in [2.05, 4.69) is 4.98 Å². The summed E-state index contributed by atoms with van der Waals surface area (Å²) in [5, 5.41) is 8.82. The van der Waals surface area contributed by atoms with Crippen molar-refractivity contribution >= 4 is 5.91 Å². The van der Waals surface area contributed by atoms with E-state index in [1.807, 2.05) is 26.0 Å². The van der Waals surface area contributed by atoms with Crippen LogP contribution in [0.25, 0.3) is 0 Å². The highest BCUT2D eigenvalue weighted by Gasteiger charge is 2.16. The molecule has 0 radical (unpaired) electrons. The van der Waals surface area contributed by atoms with Crippen molar-refractivity contribution in [2.75, 3.05) is 13.2 Å². The van der Waals surface area contributed by atoms with Gasteiger partial charge in [0.2, 0.25) is 5.91 Å². The molecule has 0 saturated carbocycles. The zero-order valence-corrected chi connectivity index (χ0v) is 10.5.